The molecule has 0 bridgehead atoms. The molecule has 0 unspecified atom stereocenters. The molecule has 3 N–H and O–H groups in total. The number of fused-ring (bicyclic) bond motifs is 1. The zero-order chi connectivity index (χ0) is 20.7. The lowest BCUT2D eigenvalue weighted by molar-refractivity contribution is 0.186. The van der Waals surface area contributed by atoms with Crippen LogP contribution in [0.1, 0.15) is 30.1 Å². The predicted octanol–water partition coefficient (Wildman–Crippen LogP) is 3.62. The van der Waals surface area contributed by atoms with Crippen LogP contribution in [0.4, 0.5) is 5.82 Å². The number of hydrogen-bond acceptors (Lipinski definition) is 8. The minimum atomic E-state index is -0.184. The molecule has 154 valence electrons. The topological polar surface area (TPSA) is 101 Å². The highest BCUT2D eigenvalue weighted by Gasteiger charge is 2.46. The van der Waals surface area contributed by atoms with Gasteiger partial charge in [-0.05, 0) is 42.4 Å². The van der Waals surface area contributed by atoms with E-state index in [0.717, 1.165) is 43.9 Å². The highest BCUT2D eigenvalue weighted by atomic mass is 35.5. The Balaban J connectivity index is 1.26. The first-order valence-electron chi connectivity index (χ1n) is 9.83. The summed E-state index contributed by atoms with van der Waals surface area (Å²) in [7, 11) is 0. The van der Waals surface area contributed by atoms with Gasteiger partial charge in [0, 0.05) is 42.1 Å². The van der Waals surface area contributed by atoms with Crippen LogP contribution in [-0.2, 0) is 6.42 Å². The summed E-state index contributed by atoms with van der Waals surface area (Å²) in [6, 6.07) is 5.88. The molecule has 3 aromatic rings. The van der Waals surface area contributed by atoms with E-state index in [9.17, 15) is 5.11 Å². The monoisotopic (exact) mass is 440 g/mol. The van der Waals surface area contributed by atoms with E-state index in [4.69, 9.17) is 17.3 Å². The van der Waals surface area contributed by atoms with Gasteiger partial charge in [0.2, 0.25) is 5.88 Å². The number of anilines is 1. The summed E-state index contributed by atoms with van der Waals surface area (Å²) in [6.45, 7) is 1.79. The van der Waals surface area contributed by atoms with Crippen LogP contribution in [0.5, 0.6) is 5.88 Å². The van der Waals surface area contributed by atoms with Crippen molar-refractivity contribution in [2.75, 3.05) is 18.0 Å². The lowest BCUT2D eigenvalue weighted by Gasteiger charge is -2.42. The summed E-state index contributed by atoms with van der Waals surface area (Å²) in [5.74, 6) is 0.677. The molecule has 5 rings (SSSR count). The number of pyridine rings is 2. The van der Waals surface area contributed by atoms with Gasteiger partial charge >= 0.3 is 0 Å². The summed E-state index contributed by atoms with van der Waals surface area (Å²) >= 11 is 7.44. The first-order valence-corrected chi connectivity index (χ1v) is 11.0. The third-order valence-electron chi connectivity index (χ3n) is 6.19. The van der Waals surface area contributed by atoms with E-state index in [2.05, 4.69) is 30.9 Å². The molecule has 1 aliphatic carbocycles. The molecule has 4 heterocycles. The molecule has 0 saturated carbocycles. The Hall–Kier alpha value is -2.42. The predicted molar refractivity (Wildman–Crippen MR) is 116 cm³/mol. The second-order valence-corrected chi connectivity index (χ2v) is 9.24. The van der Waals surface area contributed by atoms with Crippen LogP contribution < -0.4 is 10.6 Å². The molecule has 1 spiro atoms. The molecule has 0 amide bonds. The van der Waals surface area contributed by atoms with Gasteiger partial charge in [-0.15, -0.1) is 0 Å². The quantitative estimate of drug-likeness (QED) is 0.636. The third kappa shape index (κ3) is 3.38. The normalized spacial score (nSPS) is 19.8. The molecule has 7 nitrogen and oxygen atoms in total. The first kappa shape index (κ1) is 19.5. The van der Waals surface area contributed by atoms with Crippen molar-refractivity contribution in [3.05, 3.63) is 59.3 Å². The van der Waals surface area contributed by atoms with E-state index in [1.165, 1.54) is 23.5 Å². The van der Waals surface area contributed by atoms with Crippen molar-refractivity contribution in [3.8, 4) is 5.88 Å². The summed E-state index contributed by atoms with van der Waals surface area (Å²) in [5.41, 5.74) is 9.08. The molecule has 1 saturated heterocycles. The van der Waals surface area contributed by atoms with Crippen molar-refractivity contribution in [2.45, 2.75) is 35.2 Å². The minimum Gasteiger partial charge on any atom is -0.492 e. The summed E-state index contributed by atoms with van der Waals surface area (Å²) in [5, 5.41) is 10.6. The van der Waals surface area contributed by atoms with Crippen LogP contribution in [0.15, 0.2) is 52.9 Å². The Morgan fingerprint density at radius 1 is 1.10 bits per heavy atom. The Kier molecular flexibility index (Phi) is 5.00. The van der Waals surface area contributed by atoms with E-state index < -0.39 is 0 Å². The van der Waals surface area contributed by atoms with Crippen LogP contribution in [0.25, 0.3) is 0 Å². The molecule has 0 radical (unpaired) electrons. The largest absolute Gasteiger partial charge is 0.492 e. The van der Waals surface area contributed by atoms with Gasteiger partial charge in [0.05, 0.1) is 12.4 Å². The number of piperidine rings is 1. The van der Waals surface area contributed by atoms with Crippen LogP contribution in [0.3, 0.4) is 0 Å². The summed E-state index contributed by atoms with van der Waals surface area (Å²) in [6.07, 6.45) is 9.87. The maximum absolute atomic E-state index is 9.64. The minimum absolute atomic E-state index is 0.0507. The number of aromatic nitrogens is 4. The van der Waals surface area contributed by atoms with E-state index in [1.807, 2.05) is 12.3 Å². The van der Waals surface area contributed by atoms with Crippen molar-refractivity contribution in [3.63, 3.8) is 0 Å². The number of rotatable bonds is 3. The number of aromatic hydroxyl groups is 1. The molecule has 1 aliphatic heterocycles. The van der Waals surface area contributed by atoms with Crippen LogP contribution in [0.2, 0.25) is 5.02 Å². The molecule has 2 aliphatic rings. The third-order valence-corrected chi connectivity index (χ3v) is 7.65. The van der Waals surface area contributed by atoms with Crippen LogP contribution in [0, 0.1) is 5.41 Å². The maximum atomic E-state index is 9.64. The second-order valence-electron chi connectivity index (χ2n) is 7.80. The lowest BCUT2D eigenvalue weighted by Crippen LogP contribution is -2.44. The maximum Gasteiger partial charge on any atom is 0.231 e. The number of nitrogens with zero attached hydrogens (tertiary/aromatic N) is 5. The van der Waals surface area contributed by atoms with Gasteiger partial charge in [0.1, 0.15) is 15.9 Å². The van der Waals surface area contributed by atoms with E-state index >= 15 is 0 Å². The summed E-state index contributed by atoms with van der Waals surface area (Å²) in [4.78, 5) is 20.4. The molecule has 9 heteroatoms. The van der Waals surface area contributed by atoms with Gasteiger partial charge in [-0.25, -0.2) is 15.0 Å². The average molecular weight is 441 g/mol. The fourth-order valence-corrected chi connectivity index (χ4v) is 5.43. The lowest BCUT2D eigenvalue weighted by atomic mass is 9.73. The zero-order valence-corrected chi connectivity index (χ0v) is 17.8. The zero-order valence-electron chi connectivity index (χ0n) is 16.2. The number of hydrogen-bond donors (Lipinski definition) is 2. The van der Waals surface area contributed by atoms with Crippen molar-refractivity contribution in [1.29, 1.82) is 0 Å². The van der Waals surface area contributed by atoms with Crippen molar-refractivity contribution >= 4 is 29.2 Å². The molecule has 3 aromatic heterocycles. The number of halogens is 1. The van der Waals surface area contributed by atoms with Crippen molar-refractivity contribution in [2.24, 2.45) is 11.1 Å². The molecular formula is C21H21ClN6OS. The highest BCUT2D eigenvalue weighted by molar-refractivity contribution is 7.99. The standard InChI is InChI=1S/C21H21ClN6OS/c22-18-15(3-7-25-20(18)29)30-17-12-26-16(11-27-17)28-8-4-21(5-9-28)10-14-13(19(21)23)2-1-6-24-14/h1-3,6-7,11-12,19H,4-5,8-10,23H2,(H,25,29)/t19-/m1/s1. The fourth-order valence-electron chi connectivity index (χ4n) is 4.46. The van der Waals surface area contributed by atoms with Gasteiger partial charge in [0.25, 0.3) is 0 Å². The molecule has 1 atom stereocenters. The first-order chi connectivity index (χ1) is 14.6. The average Bonchev–Trinajstić information content (AvgIpc) is 3.04. The Morgan fingerprint density at radius 2 is 1.93 bits per heavy atom. The van der Waals surface area contributed by atoms with Gasteiger partial charge in [0.15, 0.2) is 0 Å². The molecule has 1 fully saturated rings. The molecule has 30 heavy (non-hydrogen) atoms. The SMILES string of the molecule is N[C@@H]1c2cccnc2CC12CCN(c1cnc(Sc3ccnc(O)c3Cl)cn1)CC2. The second kappa shape index (κ2) is 7.68. The highest BCUT2D eigenvalue weighted by Crippen LogP contribution is 2.50. The van der Waals surface area contributed by atoms with E-state index in [1.54, 1.807) is 18.5 Å². The van der Waals surface area contributed by atoms with E-state index in [0.29, 0.717) is 9.92 Å². The van der Waals surface area contributed by atoms with Gasteiger partial charge in [-0.1, -0.05) is 29.4 Å². The Bertz CT molecular complexity index is 1070. The molecular weight excluding hydrogens is 420 g/mol. The van der Waals surface area contributed by atoms with E-state index in [-0.39, 0.29) is 22.4 Å². The van der Waals surface area contributed by atoms with Crippen molar-refractivity contribution in [1.82, 2.24) is 19.9 Å². The van der Waals surface area contributed by atoms with Gasteiger partial charge < -0.3 is 15.7 Å². The summed E-state index contributed by atoms with van der Waals surface area (Å²) < 4.78 is 0. The smallest absolute Gasteiger partial charge is 0.231 e. The van der Waals surface area contributed by atoms with Gasteiger partial charge in [-0.2, -0.15) is 0 Å². The van der Waals surface area contributed by atoms with Crippen LogP contribution >= 0.6 is 23.4 Å². The number of nitrogens with two attached hydrogens (primary N) is 1. The fraction of sp³-hybridized carbons (Fsp3) is 0.333. The Morgan fingerprint density at radius 3 is 2.67 bits per heavy atom. The van der Waals surface area contributed by atoms with Crippen LogP contribution in [-0.4, -0.2) is 38.1 Å². The van der Waals surface area contributed by atoms with Gasteiger partial charge in [-0.3, -0.25) is 4.98 Å². The Labute approximate surface area is 183 Å². The molecule has 0 aromatic carbocycles. The van der Waals surface area contributed by atoms with Crippen molar-refractivity contribution < 1.29 is 5.11 Å².